The smallest absolute Gasteiger partial charge is 0.250 e. The molecule has 1 aliphatic rings. The van der Waals surface area contributed by atoms with Gasteiger partial charge in [-0.2, -0.15) is 0 Å². The van der Waals surface area contributed by atoms with Gasteiger partial charge in [0.1, 0.15) is 9.96 Å². The molecule has 1 atom stereocenters. The zero-order valence-corrected chi connectivity index (χ0v) is 16.9. The Balaban J connectivity index is 1.83. The fourth-order valence-electron chi connectivity index (χ4n) is 3.39. The van der Waals surface area contributed by atoms with Crippen LogP contribution in [0.3, 0.4) is 0 Å². The molecule has 142 valence electrons. The molecule has 7 heteroatoms. The summed E-state index contributed by atoms with van der Waals surface area (Å²) in [5, 5.41) is 1.78. The van der Waals surface area contributed by atoms with Crippen LogP contribution in [-0.2, 0) is 10.0 Å². The van der Waals surface area contributed by atoms with Crippen molar-refractivity contribution in [3.05, 3.63) is 47.3 Å². The normalized spacial score (nSPS) is 17.9. The highest BCUT2D eigenvalue weighted by molar-refractivity contribution is 7.91. The first kappa shape index (κ1) is 19.4. The Kier molecular flexibility index (Phi) is 6.34. The number of para-hydroxylation sites is 1. The van der Waals surface area contributed by atoms with E-state index in [-0.39, 0.29) is 6.04 Å². The SMILES string of the molecule is COc1ccccc1C(CNS(=O)(=O)c1cccs1)N1CCC(C)CC1. The van der Waals surface area contributed by atoms with Crippen molar-refractivity contribution < 1.29 is 13.2 Å². The summed E-state index contributed by atoms with van der Waals surface area (Å²) in [7, 11) is -1.83. The predicted molar refractivity (Wildman–Crippen MR) is 105 cm³/mol. The monoisotopic (exact) mass is 394 g/mol. The molecule has 1 N–H and O–H groups in total. The second kappa shape index (κ2) is 8.52. The van der Waals surface area contributed by atoms with Crippen LogP contribution in [0.1, 0.15) is 31.4 Å². The van der Waals surface area contributed by atoms with Crippen LogP contribution in [0, 0.1) is 5.92 Å². The zero-order chi connectivity index (χ0) is 18.6. The fourth-order valence-corrected chi connectivity index (χ4v) is 5.47. The maximum absolute atomic E-state index is 12.6. The minimum absolute atomic E-state index is 0.0478. The number of likely N-dealkylation sites (tertiary alicyclic amines) is 1. The number of ether oxygens (including phenoxy) is 1. The van der Waals surface area contributed by atoms with Gasteiger partial charge in [-0.05, 0) is 49.4 Å². The maximum atomic E-state index is 12.6. The first-order valence-corrected chi connectivity index (χ1v) is 11.3. The molecule has 0 amide bonds. The van der Waals surface area contributed by atoms with Gasteiger partial charge in [0.15, 0.2) is 0 Å². The summed E-state index contributed by atoms with van der Waals surface area (Å²) in [4.78, 5) is 2.37. The number of methoxy groups -OCH3 is 1. The van der Waals surface area contributed by atoms with Crippen LogP contribution in [-0.4, -0.2) is 40.1 Å². The van der Waals surface area contributed by atoms with Gasteiger partial charge < -0.3 is 4.74 Å². The van der Waals surface area contributed by atoms with E-state index in [2.05, 4.69) is 16.5 Å². The lowest BCUT2D eigenvalue weighted by Gasteiger charge is -2.37. The van der Waals surface area contributed by atoms with Crippen LogP contribution >= 0.6 is 11.3 Å². The lowest BCUT2D eigenvalue weighted by atomic mass is 9.95. The molecule has 0 bridgehead atoms. The Morgan fingerprint density at radius 1 is 1.23 bits per heavy atom. The van der Waals surface area contributed by atoms with Crippen LogP contribution < -0.4 is 9.46 Å². The summed E-state index contributed by atoms with van der Waals surface area (Å²) < 4.78 is 33.8. The number of hydrogen-bond acceptors (Lipinski definition) is 5. The molecule has 0 saturated carbocycles. The number of nitrogens with zero attached hydrogens (tertiary/aromatic N) is 1. The van der Waals surface area contributed by atoms with E-state index in [0.717, 1.165) is 37.2 Å². The van der Waals surface area contributed by atoms with E-state index in [4.69, 9.17) is 4.74 Å². The van der Waals surface area contributed by atoms with Crippen molar-refractivity contribution in [3.63, 3.8) is 0 Å². The van der Waals surface area contributed by atoms with Gasteiger partial charge in [-0.1, -0.05) is 31.2 Å². The summed E-state index contributed by atoms with van der Waals surface area (Å²) in [6.07, 6.45) is 2.26. The van der Waals surface area contributed by atoms with Crippen molar-refractivity contribution in [2.75, 3.05) is 26.7 Å². The van der Waals surface area contributed by atoms with Crippen molar-refractivity contribution in [3.8, 4) is 5.75 Å². The Morgan fingerprint density at radius 3 is 2.62 bits per heavy atom. The van der Waals surface area contributed by atoms with Crippen molar-refractivity contribution >= 4 is 21.4 Å². The van der Waals surface area contributed by atoms with Crippen LogP contribution in [0.25, 0.3) is 0 Å². The van der Waals surface area contributed by atoms with Crippen molar-refractivity contribution in [2.45, 2.75) is 30.0 Å². The predicted octanol–water partition coefficient (Wildman–Crippen LogP) is 3.51. The van der Waals surface area contributed by atoms with Crippen molar-refractivity contribution in [1.29, 1.82) is 0 Å². The van der Waals surface area contributed by atoms with Gasteiger partial charge in [0.05, 0.1) is 13.2 Å². The second-order valence-corrected chi connectivity index (χ2v) is 9.70. The van der Waals surface area contributed by atoms with Crippen molar-refractivity contribution in [1.82, 2.24) is 9.62 Å². The topological polar surface area (TPSA) is 58.6 Å². The van der Waals surface area contributed by atoms with Crippen LogP contribution in [0.2, 0.25) is 0 Å². The summed E-state index contributed by atoms with van der Waals surface area (Å²) in [5.74, 6) is 1.51. The van der Waals surface area contributed by atoms with Gasteiger partial charge >= 0.3 is 0 Å². The number of thiophene rings is 1. The molecular formula is C19H26N2O3S2. The summed E-state index contributed by atoms with van der Waals surface area (Å²) in [6.45, 7) is 4.53. The number of piperidine rings is 1. The third-order valence-corrected chi connectivity index (χ3v) is 7.80. The first-order chi connectivity index (χ1) is 12.5. The molecule has 26 heavy (non-hydrogen) atoms. The number of benzene rings is 1. The highest BCUT2D eigenvalue weighted by Gasteiger charge is 2.28. The third-order valence-electron chi connectivity index (χ3n) is 4.98. The van der Waals surface area contributed by atoms with Gasteiger partial charge in [-0.25, -0.2) is 13.1 Å². The molecule has 1 fully saturated rings. The molecule has 2 heterocycles. The first-order valence-electron chi connectivity index (χ1n) is 8.91. The van der Waals surface area contributed by atoms with E-state index >= 15 is 0 Å². The Labute approximate surface area is 160 Å². The van der Waals surface area contributed by atoms with E-state index in [1.807, 2.05) is 24.3 Å². The molecule has 1 saturated heterocycles. The van der Waals surface area contributed by atoms with Gasteiger partial charge in [0.25, 0.3) is 0 Å². The summed E-state index contributed by atoms with van der Waals surface area (Å²) >= 11 is 1.23. The third kappa shape index (κ3) is 4.46. The molecule has 1 unspecified atom stereocenters. The quantitative estimate of drug-likeness (QED) is 0.781. The van der Waals surface area contributed by atoms with Crippen molar-refractivity contribution in [2.24, 2.45) is 5.92 Å². The van der Waals surface area contributed by atoms with Gasteiger partial charge in [0.2, 0.25) is 10.0 Å². The molecule has 1 aromatic heterocycles. The Morgan fingerprint density at radius 2 is 1.96 bits per heavy atom. The molecule has 1 aromatic carbocycles. The maximum Gasteiger partial charge on any atom is 0.250 e. The van der Waals surface area contributed by atoms with Crippen LogP contribution in [0.15, 0.2) is 46.0 Å². The lowest BCUT2D eigenvalue weighted by Crippen LogP contribution is -2.42. The highest BCUT2D eigenvalue weighted by atomic mass is 32.2. The van der Waals surface area contributed by atoms with Gasteiger partial charge in [-0.15, -0.1) is 11.3 Å². The number of rotatable bonds is 7. The Hall–Kier alpha value is -1.41. The fraction of sp³-hybridized carbons (Fsp3) is 0.474. The minimum Gasteiger partial charge on any atom is -0.496 e. The van der Waals surface area contributed by atoms with Gasteiger partial charge in [-0.3, -0.25) is 4.90 Å². The number of sulfonamides is 1. The van der Waals surface area contributed by atoms with Crippen LogP contribution in [0.4, 0.5) is 0 Å². The second-order valence-electron chi connectivity index (χ2n) is 6.76. The summed E-state index contributed by atoms with van der Waals surface area (Å²) in [5.41, 5.74) is 1.03. The summed E-state index contributed by atoms with van der Waals surface area (Å²) in [6, 6.07) is 11.2. The Bertz CT molecular complexity index is 798. The van der Waals surface area contributed by atoms with E-state index in [1.54, 1.807) is 24.6 Å². The molecule has 0 spiro atoms. The largest absolute Gasteiger partial charge is 0.496 e. The van der Waals surface area contributed by atoms with E-state index in [9.17, 15) is 8.42 Å². The molecule has 2 aromatic rings. The van der Waals surface area contributed by atoms with Crippen LogP contribution in [0.5, 0.6) is 5.75 Å². The average molecular weight is 395 g/mol. The molecule has 3 rings (SSSR count). The number of hydrogen-bond donors (Lipinski definition) is 1. The minimum atomic E-state index is -3.49. The van der Waals surface area contributed by atoms with E-state index < -0.39 is 10.0 Å². The van der Waals surface area contributed by atoms with E-state index in [0.29, 0.717) is 16.7 Å². The average Bonchev–Trinajstić information content (AvgIpc) is 3.19. The standard InChI is InChI=1S/C19H26N2O3S2/c1-15-9-11-21(12-10-15)17(16-6-3-4-7-18(16)24-2)14-20-26(22,23)19-8-5-13-25-19/h3-8,13,15,17,20H,9-12,14H2,1-2H3. The molecule has 5 nitrogen and oxygen atoms in total. The zero-order valence-electron chi connectivity index (χ0n) is 15.2. The number of nitrogens with one attached hydrogen (secondary N) is 1. The van der Waals surface area contributed by atoms with Gasteiger partial charge in [0, 0.05) is 12.1 Å². The van der Waals surface area contributed by atoms with E-state index in [1.165, 1.54) is 11.3 Å². The highest BCUT2D eigenvalue weighted by Crippen LogP contribution is 2.32. The lowest BCUT2D eigenvalue weighted by molar-refractivity contribution is 0.137. The molecule has 0 radical (unpaired) electrons. The molecule has 1 aliphatic heterocycles. The molecular weight excluding hydrogens is 368 g/mol. The molecule has 0 aliphatic carbocycles.